The number of hydrogen-bond donors (Lipinski definition) is 3. The minimum atomic E-state index is -0.376. The molecule has 21 heavy (non-hydrogen) atoms. The Morgan fingerprint density at radius 1 is 1.24 bits per heavy atom. The number of amides is 1. The van der Waals surface area contributed by atoms with Crippen molar-refractivity contribution in [2.45, 2.75) is 0 Å². The fourth-order valence-electron chi connectivity index (χ4n) is 1.50. The molecule has 0 unspecified atom stereocenters. The van der Waals surface area contributed by atoms with Crippen molar-refractivity contribution < 1.29 is 15.0 Å². The summed E-state index contributed by atoms with van der Waals surface area (Å²) in [5, 5.41) is 22.6. The van der Waals surface area contributed by atoms with Crippen molar-refractivity contribution in [3.05, 3.63) is 55.6 Å². The molecule has 0 saturated heterocycles. The van der Waals surface area contributed by atoms with Gasteiger partial charge in [0.2, 0.25) is 0 Å². The van der Waals surface area contributed by atoms with Crippen molar-refractivity contribution >= 4 is 50.6 Å². The first-order valence-electron chi connectivity index (χ1n) is 5.78. The maximum Gasteiger partial charge on any atom is 0.271 e. The molecule has 7 heteroatoms. The highest BCUT2D eigenvalue weighted by atomic mass is 127. The van der Waals surface area contributed by atoms with Gasteiger partial charge in [-0.15, -0.1) is 0 Å². The number of rotatable bonds is 3. The van der Waals surface area contributed by atoms with E-state index < -0.39 is 0 Å². The zero-order valence-corrected chi connectivity index (χ0v) is 14.3. The summed E-state index contributed by atoms with van der Waals surface area (Å²) < 4.78 is 1.23. The van der Waals surface area contributed by atoms with Gasteiger partial charge in [-0.05, 0) is 80.5 Å². The lowest BCUT2D eigenvalue weighted by molar-refractivity contribution is 0.0955. The number of nitrogens with zero attached hydrogens (tertiary/aromatic N) is 1. The second-order valence-corrected chi connectivity index (χ2v) is 6.10. The van der Waals surface area contributed by atoms with Crippen LogP contribution in [0.2, 0.25) is 0 Å². The van der Waals surface area contributed by atoms with Crippen LogP contribution in [-0.4, -0.2) is 22.3 Å². The van der Waals surface area contributed by atoms with Crippen LogP contribution in [0.15, 0.2) is 46.0 Å². The number of hydrazone groups is 1. The van der Waals surface area contributed by atoms with Crippen LogP contribution in [0.1, 0.15) is 15.9 Å². The van der Waals surface area contributed by atoms with Gasteiger partial charge in [-0.3, -0.25) is 4.79 Å². The summed E-state index contributed by atoms with van der Waals surface area (Å²) in [6.07, 6.45) is 1.48. The molecule has 5 nitrogen and oxygen atoms in total. The van der Waals surface area contributed by atoms with E-state index in [9.17, 15) is 9.90 Å². The van der Waals surface area contributed by atoms with Crippen LogP contribution in [0, 0.1) is 3.57 Å². The third-order valence-corrected chi connectivity index (χ3v) is 3.98. The molecule has 108 valence electrons. The lowest BCUT2D eigenvalue weighted by Gasteiger charge is -2.02. The molecule has 0 aromatic heterocycles. The van der Waals surface area contributed by atoms with E-state index in [0.717, 1.165) is 5.56 Å². The predicted octanol–water partition coefficient (Wildman–Crippen LogP) is 3.23. The van der Waals surface area contributed by atoms with Gasteiger partial charge < -0.3 is 10.2 Å². The summed E-state index contributed by atoms with van der Waals surface area (Å²) >= 11 is 5.23. The molecule has 1 amide bonds. The van der Waals surface area contributed by atoms with Crippen LogP contribution in [0.5, 0.6) is 11.5 Å². The number of benzene rings is 2. The second kappa shape index (κ2) is 6.90. The second-order valence-electron chi connectivity index (χ2n) is 4.08. The number of nitrogens with one attached hydrogen (secondary N) is 1. The summed E-state index contributed by atoms with van der Waals surface area (Å²) in [5.74, 6) is -0.113. The smallest absolute Gasteiger partial charge is 0.271 e. The average Bonchev–Trinajstić information content (AvgIpc) is 2.45. The fraction of sp³-hybridized carbons (Fsp3) is 0. The van der Waals surface area contributed by atoms with Gasteiger partial charge in [-0.2, -0.15) is 5.10 Å². The van der Waals surface area contributed by atoms with Crippen LogP contribution in [0.4, 0.5) is 0 Å². The number of aromatic hydroxyl groups is 2. The van der Waals surface area contributed by atoms with E-state index in [1.54, 1.807) is 12.1 Å². The molecule has 3 N–H and O–H groups in total. The first-order chi connectivity index (χ1) is 9.97. The summed E-state index contributed by atoms with van der Waals surface area (Å²) in [6.45, 7) is 0. The molecule has 0 spiro atoms. The third-order valence-electron chi connectivity index (χ3n) is 2.55. The van der Waals surface area contributed by atoms with Crippen LogP contribution in [-0.2, 0) is 0 Å². The van der Waals surface area contributed by atoms with E-state index in [2.05, 4.69) is 26.5 Å². The zero-order chi connectivity index (χ0) is 15.4. The highest BCUT2D eigenvalue weighted by molar-refractivity contribution is 14.1. The van der Waals surface area contributed by atoms with E-state index in [1.807, 2.05) is 22.6 Å². The van der Waals surface area contributed by atoms with Crippen molar-refractivity contribution in [3.8, 4) is 11.5 Å². The Bertz CT molecular complexity index is 679. The van der Waals surface area contributed by atoms with Gasteiger partial charge in [0.1, 0.15) is 11.5 Å². The first kappa shape index (κ1) is 15.8. The van der Waals surface area contributed by atoms with Crippen LogP contribution >= 0.6 is 38.5 Å². The van der Waals surface area contributed by atoms with Crippen LogP contribution in [0.3, 0.4) is 0 Å². The minimum absolute atomic E-state index is 0.0959. The topological polar surface area (TPSA) is 81.9 Å². The predicted molar refractivity (Wildman–Crippen MR) is 91.7 cm³/mol. The van der Waals surface area contributed by atoms with E-state index >= 15 is 0 Å². The Hall–Kier alpha value is -1.61. The molecular formula is C14H10BrIN2O3. The number of carbonyl (C=O) groups is 1. The van der Waals surface area contributed by atoms with Crippen molar-refractivity contribution in [2.75, 3.05) is 0 Å². The Kier molecular flexibility index (Phi) is 5.18. The Labute approximate surface area is 143 Å². The van der Waals surface area contributed by atoms with Crippen molar-refractivity contribution in [1.29, 1.82) is 0 Å². The molecule has 0 radical (unpaired) electrons. The number of halogens is 2. The number of hydrogen-bond acceptors (Lipinski definition) is 4. The van der Waals surface area contributed by atoms with Crippen LogP contribution < -0.4 is 5.43 Å². The maximum atomic E-state index is 11.8. The van der Waals surface area contributed by atoms with Gasteiger partial charge in [-0.1, -0.05) is 0 Å². The average molecular weight is 461 g/mol. The molecular weight excluding hydrogens is 451 g/mol. The van der Waals surface area contributed by atoms with E-state index in [-0.39, 0.29) is 17.4 Å². The SMILES string of the molecule is O=C(N/N=C\c1cc(Br)c(O)c(I)c1)c1ccc(O)cc1. The Morgan fingerprint density at radius 3 is 2.52 bits per heavy atom. The Morgan fingerprint density at radius 2 is 1.90 bits per heavy atom. The lowest BCUT2D eigenvalue weighted by Crippen LogP contribution is -2.17. The summed E-state index contributed by atoms with van der Waals surface area (Å²) in [5.41, 5.74) is 3.52. The minimum Gasteiger partial charge on any atom is -0.508 e. The molecule has 0 heterocycles. The van der Waals surface area contributed by atoms with Crippen molar-refractivity contribution in [2.24, 2.45) is 5.10 Å². The lowest BCUT2D eigenvalue weighted by atomic mass is 10.2. The standard InChI is InChI=1S/C14H10BrIN2O3/c15-11-5-8(6-12(16)13(11)20)7-17-18-14(21)9-1-3-10(19)4-2-9/h1-7,19-20H,(H,18,21)/b17-7-. The van der Waals surface area contributed by atoms with Gasteiger partial charge >= 0.3 is 0 Å². The molecule has 0 atom stereocenters. The quantitative estimate of drug-likeness (QED) is 0.373. The molecule has 0 bridgehead atoms. The van der Waals surface area contributed by atoms with Gasteiger partial charge in [0.05, 0.1) is 14.3 Å². The summed E-state index contributed by atoms with van der Waals surface area (Å²) in [6, 6.07) is 9.28. The number of phenolic OH excluding ortho intramolecular Hbond substituents is 2. The molecule has 2 rings (SSSR count). The normalized spacial score (nSPS) is 10.8. The third kappa shape index (κ3) is 4.18. The largest absolute Gasteiger partial charge is 0.508 e. The van der Waals surface area contributed by atoms with Gasteiger partial charge in [0.25, 0.3) is 5.91 Å². The van der Waals surface area contributed by atoms with Gasteiger partial charge in [0, 0.05) is 5.56 Å². The van der Waals surface area contributed by atoms with Gasteiger partial charge in [-0.25, -0.2) is 5.43 Å². The van der Waals surface area contributed by atoms with Crippen LogP contribution in [0.25, 0.3) is 0 Å². The maximum absolute atomic E-state index is 11.8. The molecule has 0 aliphatic heterocycles. The number of phenols is 2. The Balaban J connectivity index is 2.05. The fourth-order valence-corrected chi connectivity index (χ4v) is 3.00. The summed E-state index contributed by atoms with van der Waals surface area (Å²) in [7, 11) is 0. The molecule has 0 aliphatic carbocycles. The summed E-state index contributed by atoms with van der Waals surface area (Å²) in [4.78, 5) is 11.8. The van der Waals surface area contributed by atoms with Crippen molar-refractivity contribution in [3.63, 3.8) is 0 Å². The van der Waals surface area contributed by atoms with E-state index in [4.69, 9.17) is 5.11 Å². The van der Waals surface area contributed by atoms with E-state index in [1.165, 1.54) is 30.5 Å². The molecule has 0 aliphatic rings. The molecule has 0 saturated carbocycles. The molecule has 0 fully saturated rings. The highest BCUT2D eigenvalue weighted by Gasteiger charge is 2.05. The highest BCUT2D eigenvalue weighted by Crippen LogP contribution is 2.29. The monoisotopic (exact) mass is 460 g/mol. The molecule has 2 aromatic carbocycles. The molecule has 2 aromatic rings. The van der Waals surface area contributed by atoms with Gasteiger partial charge in [0.15, 0.2) is 0 Å². The van der Waals surface area contributed by atoms with E-state index in [0.29, 0.717) is 13.6 Å². The number of carbonyl (C=O) groups excluding carboxylic acids is 1. The first-order valence-corrected chi connectivity index (χ1v) is 7.65. The van der Waals surface area contributed by atoms with Crippen molar-refractivity contribution in [1.82, 2.24) is 5.43 Å². The zero-order valence-electron chi connectivity index (χ0n) is 10.5.